The first kappa shape index (κ1) is 10.6. The Balaban J connectivity index is 3.30. The maximum atomic E-state index is 10.9. The summed E-state index contributed by atoms with van der Waals surface area (Å²) in [5.41, 5.74) is 0. The summed E-state index contributed by atoms with van der Waals surface area (Å²) in [7, 11) is 1.53. The lowest BCUT2D eigenvalue weighted by Gasteiger charge is -2.09. The van der Waals surface area contributed by atoms with Gasteiger partial charge in [-0.15, -0.1) is 0 Å². The van der Waals surface area contributed by atoms with E-state index in [2.05, 4.69) is 23.9 Å². The Bertz CT molecular complexity index is 115. The van der Waals surface area contributed by atoms with Crippen LogP contribution >= 0.6 is 0 Å². The van der Waals surface area contributed by atoms with Gasteiger partial charge in [-0.3, -0.25) is 4.79 Å². The summed E-state index contributed by atoms with van der Waals surface area (Å²) in [5, 5.41) is 3.09. The highest BCUT2D eigenvalue weighted by Gasteiger charge is 2.02. The van der Waals surface area contributed by atoms with Crippen LogP contribution in [0.25, 0.3) is 0 Å². The van der Waals surface area contributed by atoms with Crippen molar-refractivity contribution in [3.8, 4) is 0 Å². The molecule has 1 unspecified atom stereocenters. The number of nitrogens with one attached hydrogen (secondary N) is 1. The molecule has 3 nitrogen and oxygen atoms in total. The molecule has 0 aromatic carbocycles. The molecule has 1 N–H and O–H groups in total. The molecule has 0 aliphatic carbocycles. The Labute approximate surface area is 68.1 Å². The third-order valence-electron chi connectivity index (χ3n) is 1.57. The Hall–Kier alpha value is -0.410. The van der Waals surface area contributed by atoms with E-state index < -0.39 is 0 Å². The summed E-state index contributed by atoms with van der Waals surface area (Å²) in [4.78, 5) is 10.9. The molecule has 0 aromatic heterocycles. The predicted octanol–water partition coefficient (Wildman–Crippen LogP) is 0.590. The average molecular weight is 159 g/mol. The molecule has 0 rings (SSSR count). The van der Waals surface area contributed by atoms with Crippen LogP contribution in [0.1, 0.15) is 20.3 Å². The van der Waals surface area contributed by atoms with Crippen molar-refractivity contribution in [2.45, 2.75) is 26.3 Å². The van der Waals surface area contributed by atoms with Crippen LogP contribution in [0, 0.1) is 0 Å². The van der Waals surface area contributed by atoms with Gasteiger partial charge in [-0.2, -0.15) is 0 Å². The van der Waals surface area contributed by atoms with Crippen LogP contribution in [0.3, 0.4) is 0 Å². The van der Waals surface area contributed by atoms with Crippen molar-refractivity contribution in [1.29, 1.82) is 0 Å². The monoisotopic (exact) mass is 159 g/mol. The molecule has 0 fully saturated rings. The van der Waals surface area contributed by atoms with Crippen molar-refractivity contribution < 1.29 is 9.53 Å². The molecule has 66 valence electrons. The first-order valence-electron chi connectivity index (χ1n) is 3.94. The molecule has 0 amide bonds. The van der Waals surface area contributed by atoms with Crippen LogP contribution in [0.5, 0.6) is 0 Å². The summed E-state index contributed by atoms with van der Waals surface area (Å²) in [5.74, 6) is 0.104. The molecule has 1 atom stereocenters. The number of hydrogen-bond acceptors (Lipinski definition) is 3. The summed E-state index contributed by atoms with van der Waals surface area (Å²) in [6, 6.07) is 0.413. The molecule has 0 aromatic rings. The van der Waals surface area contributed by atoms with E-state index in [9.17, 15) is 4.79 Å². The first-order valence-corrected chi connectivity index (χ1v) is 3.94. The van der Waals surface area contributed by atoms with Crippen molar-refractivity contribution in [2.75, 3.05) is 20.3 Å². The standard InChI is InChI=1S/C8H17NO2/c1-4-7(2)9-5-8(10)6-11-3/h7,9H,4-6H2,1-3H3. The lowest BCUT2D eigenvalue weighted by Crippen LogP contribution is -2.32. The minimum Gasteiger partial charge on any atom is -0.377 e. The van der Waals surface area contributed by atoms with Crippen molar-refractivity contribution >= 4 is 5.78 Å². The van der Waals surface area contributed by atoms with Crippen molar-refractivity contribution in [2.24, 2.45) is 0 Å². The van der Waals surface area contributed by atoms with Gasteiger partial charge in [0, 0.05) is 13.2 Å². The number of ketones is 1. The Morgan fingerprint density at radius 1 is 1.64 bits per heavy atom. The Morgan fingerprint density at radius 2 is 2.27 bits per heavy atom. The molecule has 3 heteroatoms. The number of carbonyl (C=O) groups excluding carboxylic acids is 1. The number of ether oxygens (including phenoxy) is 1. The fraction of sp³-hybridized carbons (Fsp3) is 0.875. The molecular formula is C8H17NO2. The second-order valence-electron chi connectivity index (χ2n) is 2.66. The number of carbonyl (C=O) groups is 1. The van der Waals surface area contributed by atoms with Crippen molar-refractivity contribution in [1.82, 2.24) is 5.32 Å². The van der Waals surface area contributed by atoms with E-state index in [1.807, 2.05) is 0 Å². The Morgan fingerprint density at radius 3 is 2.73 bits per heavy atom. The largest absolute Gasteiger partial charge is 0.377 e. The van der Waals surface area contributed by atoms with Crippen LogP contribution in [0.4, 0.5) is 0 Å². The van der Waals surface area contributed by atoms with Crippen LogP contribution < -0.4 is 5.32 Å². The fourth-order valence-corrected chi connectivity index (χ4v) is 0.644. The minimum atomic E-state index is 0.104. The number of rotatable bonds is 6. The zero-order valence-electron chi connectivity index (χ0n) is 7.52. The molecule has 0 saturated heterocycles. The van der Waals surface area contributed by atoms with Gasteiger partial charge in [-0.05, 0) is 13.3 Å². The van der Waals surface area contributed by atoms with Gasteiger partial charge in [-0.1, -0.05) is 6.92 Å². The summed E-state index contributed by atoms with van der Waals surface area (Å²) >= 11 is 0. The van der Waals surface area contributed by atoms with Crippen molar-refractivity contribution in [3.63, 3.8) is 0 Å². The number of Topliss-reactive ketones (excluding diaryl/α,β-unsaturated/α-hetero) is 1. The fourth-order valence-electron chi connectivity index (χ4n) is 0.644. The van der Waals surface area contributed by atoms with Crippen LogP contribution in [0.2, 0.25) is 0 Å². The minimum absolute atomic E-state index is 0.104. The van der Waals surface area contributed by atoms with Gasteiger partial charge in [0.2, 0.25) is 0 Å². The van der Waals surface area contributed by atoms with E-state index in [1.54, 1.807) is 0 Å². The topological polar surface area (TPSA) is 38.3 Å². The van der Waals surface area contributed by atoms with Crippen molar-refractivity contribution in [3.05, 3.63) is 0 Å². The van der Waals surface area contributed by atoms with Gasteiger partial charge in [0.05, 0.1) is 6.54 Å². The Kier molecular flexibility index (Phi) is 6.07. The predicted molar refractivity (Wildman–Crippen MR) is 44.6 cm³/mol. The SMILES string of the molecule is CCC(C)NCC(=O)COC. The molecule has 0 radical (unpaired) electrons. The van der Waals surface area contributed by atoms with Gasteiger partial charge < -0.3 is 10.1 Å². The molecule has 0 aliphatic heterocycles. The van der Waals surface area contributed by atoms with E-state index in [4.69, 9.17) is 0 Å². The van der Waals surface area contributed by atoms with Gasteiger partial charge in [0.1, 0.15) is 6.61 Å². The number of hydrogen-bond donors (Lipinski definition) is 1. The lowest BCUT2D eigenvalue weighted by atomic mass is 10.2. The summed E-state index contributed by atoms with van der Waals surface area (Å²) < 4.78 is 4.68. The highest BCUT2D eigenvalue weighted by atomic mass is 16.5. The molecular weight excluding hydrogens is 142 g/mol. The summed E-state index contributed by atoms with van der Waals surface area (Å²) in [6.07, 6.45) is 1.04. The zero-order valence-corrected chi connectivity index (χ0v) is 7.52. The van der Waals surface area contributed by atoms with E-state index in [-0.39, 0.29) is 12.4 Å². The normalized spacial score (nSPS) is 13.0. The quantitative estimate of drug-likeness (QED) is 0.616. The van der Waals surface area contributed by atoms with Crippen LogP contribution in [0.15, 0.2) is 0 Å². The molecule has 0 aliphatic rings. The average Bonchev–Trinajstić information content (AvgIpc) is 2.01. The van der Waals surface area contributed by atoms with Gasteiger partial charge in [0.25, 0.3) is 0 Å². The highest BCUT2D eigenvalue weighted by molar-refractivity contribution is 5.81. The van der Waals surface area contributed by atoms with E-state index >= 15 is 0 Å². The second-order valence-corrected chi connectivity index (χ2v) is 2.66. The second kappa shape index (κ2) is 6.31. The van der Waals surface area contributed by atoms with E-state index in [1.165, 1.54) is 7.11 Å². The smallest absolute Gasteiger partial charge is 0.172 e. The van der Waals surface area contributed by atoms with Crippen LogP contribution in [-0.4, -0.2) is 32.1 Å². The zero-order chi connectivity index (χ0) is 8.69. The summed E-state index contributed by atoms with van der Waals surface area (Å²) in [6.45, 7) is 4.77. The maximum absolute atomic E-state index is 10.9. The molecule has 0 bridgehead atoms. The molecule has 11 heavy (non-hydrogen) atoms. The van der Waals surface area contributed by atoms with Gasteiger partial charge in [0.15, 0.2) is 5.78 Å². The first-order chi connectivity index (χ1) is 5.20. The lowest BCUT2D eigenvalue weighted by molar-refractivity contribution is -0.121. The van der Waals surface area contributed by atoms with Gasteiger partial charge >= 0.3 is 0 Å². The van der Waals surface area contributed by atoms with E-state index in [0.717, 1.165) is 6.42 Å². The highest BCUT2D eigenvalue weighted by Crippen LogP contribution is 1.86. The third-order valence-corrected chi connectivity index (χ3v) is 1.57. The molecule has 0 spiro atoms. The van der Waals surface area contributed by atoms with E-state index in [0.29, 0.717) is 12.6 Å². The number of methoxy groups -OCH3 is 1. The van der Waals surface area contributed by atoms with Crippen LogP contribution in [-0.2, 0) is 9.53 Å². The molecule has 0 heterocycles. The van der Waals surface area contributed by atoms with Gasteiger partial charge in [-0.25, -0.2) is 0 Å². The maximum Gasteiger partial charge on any atom is 0.172 e. The third kappa shape index (κ3) is 6.01. The molecule has 0 saturated carbocycles.